The molecule has 0 unspecified atom stereocenters. The number of aromatic nitrogens is 1. The van der Waals surface area contributed by atoms with Gasteiger partial charge in [0.15, 0.2) is 5.96 Å². The molecule has 0 aliphatic carbocycles. The predicted octanol–water partition coefficient (Wildman–Crippen LogP) is 3.88. The summed E-state index contributed by atoms with van der Waals surface area (Å²) in [6.45, 7) is 2.35. The van der Waals surface area contributed by atoms with E-state index in [1.54, 1.807) is 7.05 Å². The standard InChI is InChI=1S/C18H25BrN4OS.HI/c1-20-18(22-13-15-6-8-23(2)14-15)21-7-10-25-11-9-24-17-5-3-4-16(19)12-17;/h3-6,8,12,14H,7,9-11,13H2,1-2H3,(H2,20,21,22);1H. The molecule has 0 aliphatic heterocycles. The molecule has 0 amide bonds. The Kier molecular flexibility index (Phi) is 11.9. The van der Waals surface area contributed by atoms with Gasteiger partial charge in [0.25, 0.3) is 0 Å². The van der Waals surface area contributed by atoms with Crippen molar-refractivity contribution in [3.05, 3.63) is 52.8 Å². The molecule has 0 radical (unpaired) electrons. The molecule has 1 aromatic heterocycles. The van der Waals surface area contributed by atoms with Crippen LogP contribution in [-0.4, -0.2) is 42.2 Å². The Hall–Kier alpha value is -0.870. The second kappa shape index (κ2) is 13.3. The van der Waals surface area contributed by atoms with Crippen LogP contribution in [0.3, 0.4) is 0 Å². The molecule has 0 bridgehead atoms. The first-order valence-electron chi connectivity index (χ1n) is 8.19. The predicted molar refractivity (Wildman–Crippen MR) is 126 cm³/mol. The van der Waals surface area contributed by atoms with Crippen molar-refractivity contribution in [1.29, 1.82) is 0 Å². The lowest BCUT2D eigenvalue weighted by Gasteiger charge is -2.11. The van der Waals surface area contributed by atoms with E-state index in [4.69, 9.17) is 4.74 Å². The molecule has 2 N–H and O–H groups in total. The number of hydrogen-bond acceptors (Lipinski definition) is 3. The van der Waals surface area contributed by atoms with Crippen LogP contribution >= 0.6 is 51.7 Å². The van der Waals surface area contributed by atoms with E-state index in [2.05, 4.69) is 43.8 Å². The van der Waals surface area contributed by atoms with Crippen molar-refractivity contribution in [1.82, 2.24) is 15.2 Å². The zero-order chi connectivity index (χ0) is 17.9. The zero-order valence-corrected chi connectivity index (χ0v) is 19.8. The van der Waals surface area contributed by atoms with E-state index in [-0.39, 0.29) is 24.0 Å². The van der Waals surface area contributed by atoms with Gasteiger partial charge in [0.2, 0.25) is 0 Å². The number of aryl methyl sites for hydroxylation is 1. The highest BCUT2D eigenvalue weighted by molar-refractivity contribution is 14.0. The minimum atomic E-state index is 0. The van der Waals surface area contributed by atoms with Crippen molar-refractivity contribution in [2.24, 2.45) is 12.0 Å². The fourth-order valence-electron chi connectivity index (χ4n) is 2.19. The van der Waals surface area contributed by atoms with Crippen LogP contribution in [0, 0.1) is 0 Å². The molecule has 26 heavy (non-hydrogen) atoms. The van der Waals surface area contributed by atoms with Gasteiger partial charge in [-0.05, 0) is 29.8 Å². The Morgan fingerprint density at radius 2 is 2.12 bits per heavy atom. The van der Waals surface area contributed by atoms with Crippen molar-refractivity contribution >= 4 is 57.6 Å². The third kappa shape index (κ3) is 9.18. The maximum Gasteiger partial charge on any atom is 0.191 e. The lowest BCUT2D eigenvalue weighted by Crippen LogP contribution is -2.37. The number of aliphatic imine (C=N–C) groups is 1. The smallest absolute Gasteiger partial charge is 0.191 e. The SMILES string of the molecule is CN=C(NCCSCCOc1cccc(Br)c1)NCc1ccn(C)c1.I. The summed E-state index contributed by atoms with van der Waals surface area (Å²) < 4.78 is 8.80. The van der Waals surface area contributed by atoms with Crippen molar-refractivity contribution in [2.75, 3.05) is 31.7 Å². The summed E-state index contributed by atoms with van der Waals surface area (Å²) in [5.74, 6) is 3.70. The summed E-state index contributed by atoms with van der Waals surface area (Å²) in [6.07, 6.45) is 4.14. The van der Waals surface area contributed by atoms with E-state index >= 15 is 0 Å². The maximum absolute atomic E-state index is 5.72. The number of halogens is 2. The van der Waals surface area contributed by atoms with E-state index < -0.39 is 0 Å². The molecule has 0 spiro atoms. The summed E-state index contributed by atoms with van der Waals surface area (Å²) in [5, 5.41) is 6.64. The Labute approximate surface area is 185 Å². The second-order valence-electron chi connectivity index (χ2n) is 5.46. The lowest BCUT2D eigenvalue weighted by atomic mass is 10.3. The Morgan fingerprint density at radius 3 is 2.81 bits per heavy atom. The molecule has 8 heteroatoms. The van der Waals surface area contributed by atoms with Gasteiger partial charge < -0.3 is 19.9 Å². The first-order chi connectivity index (χ1) is 12.2. The molecule has 0 fully saturated rings. The fraction of sp³-hybridized carbons (Fsp3) is 0.389. The van der Waals surface area contributed by atoms with Crippen molar-refractivity contribution < 1.29 is 4.74 Å². The number of thioether (sulfide) groups is 1. The monoisotopic (exact) mass is 552 g/mol. The van der Waals surface area contributed by atoms with E-state index in [0.717, 1.165) is 40.8 Å². The molecular formula is C18H26BrIN4OS. The van der Waals surface area contributed by atoms with Crippen molar-refractivity contribution in [2.45, 2.75) is 6.54 Å². The van der Waals surface area contributed by atoms with E-state index in [1.807, 2.05) is 53.8 Å². The third-order valence-corrected chi connectivity index (χ3v) is 4.85. The minimum Gasteiger partial charge on any atom is -0.493 e. The van der Waals surface area contributed by atoms with Crippen LogP contribution in [0.2, 0.25) is 0 Å². The van der Waals surface area contributed by atoms with Gasteiger partial charge in [-0.3, -0.25) is 4.99 Å². The summed E-state index contributed by atoms with van der Waals surface area (Å²) in [6, 6.07) is 10.0. The summed E-state index contributed by atoms with van der Waals surface area (Å²) in [5.41, 5.74) is 1.24. The number of rotatable bonds is 9. The minimum absolute atomic E-state index is 0. The Balaban J connectivity index is 0.00000338. The normalized spacial score (nSPS) is 11.0. The largest absolute Gasteiger partial charge is 0.493 e. The van der Waals surface area contributed by atoms with E-state index in [1.165, 1.54) is 5.56 Å². The second-order valence-corrected chi connectivity index (χ2v) is 7.60. The number of ether oxygens (including phenoxy) is 1. The summed E-state index contributed by atoms with van der Waals surface area (Å²) in [7, 11) is 3.81. The van der Waals surface area contributed by atoms with Crippen LogP contribution in [0.25, 0.3) is 0 Å². The van der Waals surface area contributed by atoms with Crippen LogP contribution in [-0.2, 0) is 13.6 Å². The first kappa shape index (κ1) is 23.2. The zero-order valence-electron chi connectivity index (χ0n) is 15.1. The molecule has 1 heterocycles. The number of hydrogen-bond donors (Lipinski definition) is 2. The highest BCUT2D eigenvalue weighted by Crippen LogP contribution is 2.17. The quantitative estimate of drug-likeness (QED) is 0.214. The molecule has 0 atom stereocenters. The first-order valence-corrected chi connectivity index (χ1v) is 10.1. The van der Waals surface area contributed by atoms with Crippen LogP contribution in [0.15, 0.2) is 52.2 Å². The number of nitrogens with zero attached hydrogens (tertiary/aromatic N) is 2. The number of nitrogens with one attached hydrogen (secondary N) is 2. The number of guanidine groups is 1. The van der Waals surface area contributed by atoms with Gasteiger partial charge >= 0.3 is 0 Å². The number of benzene rings is 1. The molecule has 0 aliphatic rings. The highest BCUT2D eigenvalue weighted by atomic mass is 127. The maximum atomic E-state index is 5.72. The summed E-state index contributed by atoms with van der Waals surface area (Å²) in [4.78, 5) is 4.24. The molecule has 1 aromatic carbocycles. The fourth-order valence-corrected chi connectivity index (χ4v) is 3.22. The van der Waals surface area contributed by atoms with Crippen LogP contribution in [0.1, 0.15) is 5.56 Å². The molecule has 0 saturated heterocycles. The van der Waals surface area contributed by atoms with Crippen molar-refractivity contribution in [3.63, 3.8) is 0 Å². The van der Waals surface area contributed by atoms with Crippen LogP contribution < -0.4 is 15.4 Å². The van der Waals surface area contributed by atoms with Gasteiger partial charge in [0, 0.05) is 55.6 Å². The van der Waals surface area contributed by atoms with Gasteiger partial charge in [-0.2, -0.15) is 11.8 Å². The highest BCUT2D eigenvalue weighted by Gasteiger charge is 1.99. The molecule has 2 aromatic rings. The van der Waals surface area contributed by atoms with Crippen LogP contribution in [0.4, 0.5) is 0 Å². The Morgan fingerprint density at radius 1 is 1.27 bits per heavy atom. The van der Waals surface area contributed by atoms with Gasteiger partial charge in [0.1, 0.15) is 5.75 Å². The molecule has 0 saturated carbocycles. The average Bonchev–Trinajstić information content (AvgIpc) is 3.02. The molecule has 5 nitrogen and oxygen atoms in total. The lowest BCUT2D eigenvalue weighted by molar-refractivity contribution is 0.344. The molecule has 144 valence electrons. The van der Waals surface area contributed by atoms with E-state index in [0.29, 0.717) is 6.61 Å². The van der Waals surface area contributed by atoms with Gasteiger partial charge in [0.05, 0.1) is 6.61 Å². The van der Waals surface area contributed by atoms with Crippen molar-refractivity contribution in [3.8, 4) is 5.75 Å². The van der Waals surface area contributed by atoms with E-state index in [9.17, 15) is 0 Å². The third-order valence-electron chi connectivity index (χ3n) is 3.41. The average molecular weight is 553 g/mol. The van der Waals surface area contributed by atoms with Gasteiger partial charge in [-0.25, -0.2) is 0 Å². The summed E-state index contributed by atoms with van der Waals surface area (Å²) >= 11 is 5.30. The van der Waals surface area contributed by atoms with Gasteiger partial charge in [-0.15, -0.1) is 24.0 Å². The van der Waals surface area contributed by atoms with Crippen LogP contribution in [0.5, 0.6) is 5.75 Å². The molecule has 2 rings (SSSR count). The topological polar surface area (TPSA) is 50.6 Å². The Bertz CT molecular complexity index is 681. The molecular weight excluding hydrogens is 527 g/mol. The van der Waals surface area contributed by atoms with Gasteiger partial charge in [-0.1, -0.05) is 22.0 Å².